The molecule has 0 radical (unpaired) electrons. The lowest BCUT2D eigenvalue weighted by molar-refractivity contribution is 0.509. The van der Waals surface area contributed by atoms with E-state index in [1.165, 1.54) is 12.5 Å². The number of anilines is 1. The Morgan fingerprint density at radius 1 is 1.17 bits per heavy atom. The molecule has 1 aromatic carbocycles. The van der Waals surface area contributed by atoms with Gasteiger partial charge < -0.3 is 10.7 Å². The maximum Gasteiger partial charge on any atom is 0.181 e. The number of rotatable bonds is 1. The minimum Gasteiger partial charge on any atom is -0.398 e. The molecule has 0 aliphatic carbocycles. The second-order valence-electron chi connectivity index (χ2n) is 3.70. The van der Waals surface area contributed by atoms with Gasteiger partial charge in [0.2, 0.25) is 0 Å². The standard InChI is InChI=1S/C11H7F2N5/c12-6-1-5(8(14)2-7(6)13)10-17-9-3-15-4-16-11(9)18-10/h1-4H,14H2,(H,15,16,17,18). The first kappa shape index (κ1) is 10.6. The van der Waals surface area contributed by atoms with E-state index in [-0.39, 0.29) is 11.3 Å². The normalized spacial score (nSPS) is 11.0. The maximum atomic E-state index is 13.2. The summed E-state index contributed by atoms with van der Waals surface area (Å²) in [4.78, 5) is 14.8. The van der Waals surface area contributed by atoms with Crippen LogP contribution in [0.1, 0.15) is 0 Å². The zero-order chi connectivity index (χ0) is 12.7. The van der Waals surface area contributed by atoms with Crippen molar-refractivity contribution < 1.29 is 8.78 Å². The van der Waals surface area contributed by atoms with Crippen LogP contribution in [0.4, 0.5) is 14.5 Å². The van der Waals surface area contributed by atoms with Crippen LogP contribution >= 0.6 is 0 Å². The lowest BCUT2D eigenvalue weighted by atomic mass is 10.1. The summed E-state index contributed by atoms with van der Waals surface area (Å²) >= 11 is 0. The fourth-order valence-electron chi connectivity index (χ4n) is 1.66. The minimum absolute atomic E-state index is 0.0981. The molecule has 2 aromatic heterocycles. The van der Waals surface area contributed by atoms with Gasteiger partial charge in [-0.15, -0.1) is 0 Å². The van der Waals surface area contributed by atoms with Crippen LogP contribution in [-0.2, 0) is 0 Å². The van der Waals surface area contributed by atoms with Crippen LogP contribution in [0.15, 0.2) is 24.7 Å². The van der Waals surface area contributed by atoms with Gasteiger partial charge in [-0.3, -0.25) is 0 Å². The van der Waals surface area contributed by atoms with Gasteiger partial charge in [-0.1, -0.05) is 0 Å². The summed E-state index contributed by atoms with van der Waals surface area (Å²) < 4.78 is 26.2. The summed E-state index contributed by atoms with van der Waals surface area (Å²) in [5.74, 6) is -1.65. The first-order valence-electron chi connectivity index (χ1n) is 5.06. The number of aromatic amines is 1. The van der Waals surface area contributed by atoms with Crippen LogP contribution in [0.25, 0.3) is 22.6 Å². The molecule has 7 heteroatoms. The topological polar surface area (TPSA) is 80.5 Å². The summed E-state index contributed by atoms with van der Waals surface area (Å²) in [6.45, 7) is 0. The molecule has 0 unspecified atom stereocenters. The van der Waals surface area contributed by atoms with Gasteiger partial charge in [-0.05, 0) is 6.07 Å². The highest BCUT2D eigenvalue weighted by molar-refractivity contribution is 5.79. The second-order valence-corrected chi connectivity index (χ2v) is 3.70. The number of nitrogens with zero attached hydrogens (tertiary/aromatic N) is 3. The lowest BCUT2D eigenvalue weighted by Crippen LogP contribution is -1.95. The van der Waals surface area contributed by atoms with E-state index in [1.54, 1.807) is 0 Å². The average Bonchev–Trinajstić information content (AvgIpc) is 2.77. The number of hydrogen-bond acceptors (Lipinski definition) is 4. The number of aromatic nitrogens is 4. The molecule has 3 aromatic rings. The predicted molar refractivity (Wildman–Crippen MR) is 61.4 cm³/mol. The van der Waals surface area contributed by atoms with Gasteiger partial charge >= 0.3 is 0 Å². The Balaban J connectivity index is 2.22. The lowest BCUT2D eigenvalue weighted by Gasteiger charge is -2.03. The molecule has 0 amide bonds. The van der Waals surface area contributed by atoms with Gasteiger partial charge in [0, 0.05) is 17.3 Å². The van der Waals surface area contributed by atoms with Crippen LogP contribution in [0, 0.1) is 11.6 Å². The molecule has 0 aliphatic heterocycles. The van der Waals surface area contributed by atoms with Crippen molar-refractivity contribution in [3.63, 3.8) is 0 Å². The fourth-order valence-corrected chi connectivity index (χ4v) is 1.66. The second kappa shape index (κ2) is 3.73. The molecule has 0 aliphatic rings. The number of hydrogen-bond donors (Lipinski definition) is 2. The smallest absolute Gasteiger partial charge is 0.181 e. The van der Waals surface area contributed by atoms with Gasteiger partial charge in [0.05, 0.1) is 6.20 Å². The van der Waals surface area contributed by atoms with Crippen molar-refractivity contribution in [2.24, 2.45) is 0 Å². The van der Waals surface area contributed by atoms with Crippen LogP contribution in [0.2, 0.25) is 0 Å². The van der Waals surface area contributed by atoms with E-state index < -0.39 is 11.6 Å². The number of nitrogens with two attached hydrogens (primary N) is 1. The Morgan fingerprint density at radius 3 is 2.72 bits per heavy atom. The zero-order valence-corrected chi connectivity index (χ0v) is 8.98. The van der Waals surface area contributed by atoms with E-state index in [0.29, 0.717) is 17.0 Å². The van der Waals surface area contributed by atoms with E-state index in [2.05, 4.69) is 19.9 Å². The van der Waals surface area contributed by atoms with Crippen LogP contribution < -0.4 is 5.73 Å². The Morgan fingerprint density at radius 2 is 1.94 bits per heavy atom. The molecule has 0 fully saturated rings. The number of imidazole rings is 1. The summed E-state index contributed by atoms with van der Waals surface area (Å²) in [5.41, 5.74) is 7.05. The summed E-state index contributed by atoms with van der Waals surface area (Å²) in [6.07, 6.45) is 2.89. The Kier molecular flexibility index (Phi) is 2.19. The number of nitrogens with one attached hydrogen (secondary N) is 1. The average molecular weight is 247 g/mol. The molecular weight excluding hydrogens is 240 g/mol. The molecule has 3 rings (SSSR count). The third-order valence-corrected chi connectivity index (χ3v) is 2.51. The van der Waals surface area contributed by atoms with Gasteiger partial charge in [0.15, 0.2) is 17.3 Å². The van der Waals surface area contributed by atoms with Crippen LogP contribution in [0.5, 0.6) is 0 Å². The third kappa shape index (κ3) is 1.56. The number of fused-ring (bicyclic) bond motifs is 1. The summed E-state index contributed by atoms with van der Waals surface area (Å²) in [7, 11) is 0. The van der Waals surface area contributed by atoms with Crippen molar-refractivity contribution in [2.45, 2.75) is 0 Å². The Hall–Kier alpha value is -2.57. The predicted octanol–water partition coefficient (Wildman–Crippen LogP) is 1.88. The molecule has 2 heterocycles. The first-order valence-corrected chi connectivity index (χ1v) is 5.06. The Labute approximate surface area is 99.7 Å². The highest BCUT2D eigenvalue weighted by Gasteiger charge is 2.13. The van der Waals surface area contributed by atoms with Crippen molar-refractivity contribution >= 4 is 16.9 Å². The zero-order valence-electron chi connectivity index (χ0n) is 8.98. The van der Waals surface area contributed by atoms with E-state index in [0.717, 1.165) is 12.1 Å². The van der Waals surface area contributed by atoms with Crippen molar-refractivity contribution in [1.82, 2.24) is 19.9 Å². The quantitative estimate of drug-likeness (QED) is 0.643. The number of benzene rings is 1. The summed E-state index contributed by atoms with van der Waals surface area (Å²) in [6, 6.07) is 1.92. The van der Waals surface area contributed by atoms with Gasteiger partial charge in [0.1, 0.15) is 17.7 Å². The van der Waals surface area contributed by atoms with Gasteiger partial charge in [-0.25, -0.2) is 23.7 Å². The van der Waals surface area contributed by atoms with E-state index in [1.807, 2.05) is 0 Å². The third-order valence-electron chi connectivity index (χ3n) is 2.51. The molecular formula is C11H7F2N5. The molecule has 90 valence electrons. The van der Waals surface area contributed by atoms with Gasteiger partial charge in [-0.2, -0.15) is 0 Å². The van der Waals surface area contributed by atoms with Crippen molar-refractivity contribution in [1.29, 1.82) is 0 Å². The molecule has 18 heavy (non-hydrogen) atoms. The van der Waals surface area contributed by atoms with Gasteiger partial charge in [0.25, 0.3) is 0 Å². The number of H-pyrrole nitrogens is 1. The minimum atomic E-state index is -0.993. The van der Waals surface area contributed by atoms with Crippen LogP contribution in [-0.4, -0.2) is 19.9 Å². The maximum absolute atomic E-state index is 13.2. The molecule has 0 atom stereocenters. The number of halogens is 2. The van der Waals surface area contributed by atoms with Crippen LogP contribution in [0.3, 0.4) is 0 Å². The molecule has 5 nitrogen and oxygen atoms in total. The van der Waals surface area contributed by atoms with Crippen molar-refractivity contribution in [3.8, 4) is 11.4 Å². The molecule has 0 saturated heterocycles. The molecule has 0 spiro atoms. The largest absolute Gasteiger partial charge is 0.398 e. The fraction of sp³-hybridized carbons (Fsp3) is 0. The Bertz CT molecular complexity index is 704. The highest BCUT2D eigenvalue weighted by atomic mass is 19.2. The highest BCUT2D eigenvalue weighted by Crippen LogP contribution is 2.27. The van der Waals surface area contributed by atoms with E-state index in [4.69, 9.17) is 5.73 Å². The summed E-state index contributed by atoms with van der Waals surface area (Å²) in [5, 5.41) is 0. The molecule has 0 saturated carbocycles. The SMILES string of the molecule is Nc1cc(F)c(F)cc1-c1nc2ncncc2[nH]1. The van der Waals surface area contributed by atoms with Crippen molar-refractivity contribution in [2.75, 3.05) is 5.73 Å². The molecule has 0 bridgehead atoms. The first-order chi connectivity index (χ1) is 8.65. The number of nitrogen functional groups attached to an aromatic ring is 1. The van der Waals surface area contributed by atoms with E-state index >= 15 is 0 Å². The van der Waals surface area contributed by atoms with E-state index in [9.17, 15) is 8.78 Å². The monoisotopic (exact) mass is 247 g/mol. The molecule has 3 N–H and O–H groups in total. The van der Waals surface area contributed by atoms with Crippen molar-refractivity contribution in [3.05, 3.63) is 36.3 Å².